The number of azide groups is 1. The minimum absolute atomic E-state index is 0.298. The van der Waals surface area contributed by atoms with Crippen LogP contribution in [0.25, 0.3) is 10.4 Å². The fourth-order valence-corrected chi connectivity index (χ4v) is 3.79. The lowest BCUT2D eigenvalue weighted by molar-refractivity contribution is -0.114. The summed E-state index contributed by atoms with van der Waals surface area (Å²) in [6, 6.07) is 0. The summed E-state index contributed by atoms with van der Waals surface area (Å²) in [6.07, 6.45) is 2.71. The van der Waals surface area contributed by atoms with Crippen LogP contribution in [0.4, 0.5) is 5.00 Å². The molecule has 0 aromatic carbocycles. The third kappa shape index (κ3) is 2.92. The number of carbonyl (C=O) groups excluding carboxylic acids is 2. The van der Waals surface area contributed by atoms with E-state index in [2.05, 4.69) is 22.3 Å². The van der Waals surface area contributed by atoms with Gasteiger partial charge in [-0.05, 0) is 36.3 Å². The summed E-state index contributed by atoms with van der Waals surface area (Å²) in [5.74, 6) is -0.415. The number of nitrogens with two attached hydrogens (primary N) is 1. The second-order valence-electron chi connectivity index (χ2n) is 4.86. The van der Waals surface area contributed by atoms with E-state index in [1.54, 1.807) is 0 Å². The molecule has 1 atom stereocenters. The quantitative estimate of drug-likeness (QED) is 0.502. The Hall–Kier alpha value is -2.05. The van der Waals surface area contributed by atoms with Gasteiger partial charge in [0.2, 0.25) is 5.91 Å². The first-order valence-electron chi connectivity index (χ1n) is 6.28. The molecule has 7 nitrogen and oxygen atoms in total. The number of nitrogens with one attached hydrogen (secondary N) is 1. The van der Waals surface area contributed by atoms with Crippen molar-refractivity contribution in [1.29, 1.82) is 0 Å². The zero-order valence-electron chi connectivity index (χ0n) is 11.0. The Bertz CT molecular complexity index is 603. The lowest BCUT2D eigenvalue weighted by Gasteiger charge is -2.18. The van der Waals surface area contributed by atoms with Gasteiger partial charge >= 0.3 is 0 Å². The molecule has 106 valence electrons. The molecule has 1 aromatic heterocycles. The van der Waals surface area contributed by atoms with Gasteiger partial charge in [-0.2, -0.15) is 0 Å². The van der Waals surface area contributed by atoms with Crippen LogP contribution in [0.3, 0.4) is 0 Å². The molecule has 1 aromatic rings. The molecule has 20 heavy (non-hydrogen) atoms. The van der Waals surface area contributed by atoms with Crippen molar-refractivity contribution in [3.8, 4) is 0 Å². The lowest BCUT2D eigenvalue weighted by atomic mass is 9.88. The molecule has 0 saturated heterocycles. The first kappa shape index (κ1) is 14.4. The Morgan fingerprint density at radius 3 is 3.00 bits per heavy atom. The van der Waals surface area contributed by atoms with Gasteiger partial charge in [0.25, 0.3) is 5.91 Å². The first-order valence-corrected chi connectivity index (χ1v) is 7.09. The van der Waals surface area contributed by atoms with Gasteiger partial charge in [0.1, 0.15) is 11.5 Å². The Balaban J connectivity index is 2.30. The minimum Gasteiger partial charge on any atom is -0.365 e. The predicted octanol–water partition coefficient (Wildman–Crippen LogP) is 2.22. The van der Waals surface area contributed by atoms with Gasteiger partial charge in [0.15, 0.2) is 0 Å². The largest absolute Gasteiger partial charge is 0.365 e. The molecule has 3 N–H and O–H groups in total. The molecule has 0 spiro atoms. The molecule has 2 rings (SSSR count). The van der Waals surface area contributed by atoms with E-state index in [4.69, 9.17) is 11.3 Å². The summed E-state index contributed by atoms with van der Waals surface area (Å²) >= 11 is 1.39. The standard InChI is InChI=1S/C12H15N5O2S/c1-6-2-3-7-8(4-6)20-12(10(7)11(13)19)16-9(18)5-15-17-14/h6H,2-5H2,1H3,(H2,13,19)(H,16,18). The number of thiophene rings is 1. The average molecular weight is 293 g/mol. The highest BCUT2D eigenvalue weighted by atomic mass is 32.1. The molecule has 1 unspecified atom stereocenters. The molecule has 0 fully saturated rings. The minimum atomic E-state index is -0.531. The number of fused-ring (bicyclic) bond motifs is 1. The fourth-order valence-electron chi connectivity index (χ4n) is 2.36. The van der Waals surface area contributed by atoms with Crippen LogP contribution in [0, 0.1) is 5.92 Å². The molecule has 1 heterocycles. The Morgan fingerprint density at radius 2 is 2.35 bits per heavy atom. The molecular weight excluding hydrogens is 278 g/mol. The fraction of sp³-hybridized carbons (Fsp3) is 0.500. The Labute approximate surface area is 119 Å². The first-order chi connectivity index (χ1) is 9.52. The van der Waals surface area contributed by atoms with Crippen molar-refractivity contribution in [3.05, 3.63) is 26.4 Å². The third-order valence-electron chi connectivity index (χ3n) is 3.29. The maximum atomic E-state index is 11.6. The summed E-state index contributed by atoms with van der Waals surface area (Å²) in [4.78, 5) is 26.9. The smallest absolute Gasteiger partial charge is 0.251 e. The highest BCUT2D eigenvalue weighted by molar-refractivity contribution is 7.17. The van der Waals surface area contributed by atoms with E-state index < -0.39 is 11.8 Å². The maximum Gasteiger partial charge on any atom is 0.251 e. The van der Waals surface area contributed by atoms with Crippen LogP contribution in [0.15, 0.2) is 5.11 Å². The molecule has 0 saturated carbocycles. The van der Waals surface area contributed by atoms with E-state index >= 15 is 0 Å². The van der Waals surface area contributed by atoms with Crippen molar-refractivity contribution in [1.82, 2.24) is 0 Å². The number of hydrogen-bond acceptors (Lipinski definition) is 4. The average Bonchev–Trinajstić information content (AvgIpc) is 2.73. The third-order valence-corrected chi connectivity index (χ3v) is 4.46. The van der Waals surface area contributed by atoms with E-state index in [1.807, 2.05) is 0 Å². The lowest BCUT2D eigenvalue weighted by Crippen LogP contribution is -2.20. The molecule has 1 aliphatic rings. The highest BCUT2D eigenvalue weighted by Crippen LogP contribution is 2.39. The van der Waals surface area contributed by atoms with Crippen LogP contribution in [-0.4, -0.2) is 18.4 Å². The monoisotopic (exact) mass is 293 g/mol. The number of nitrogens with zero attached hydrogens (tertiary/aromatic N) is 3. The van der Waals surface area contributed by atoms with Crippen LogP contribution in [-0.2, 0) is 17.6 Å². The summed E-state index contributed by atoms with van der Waals surface area (Å²) in [5, 5.41) is 6.27. The molecule has 1 aliphatic carbocycles. The van der Waals surface area contributed by atoms with Gasteiger partial charge in [-0.3, -0.25) is 9.59 Å². The van der Waals surface area contributed by atoms with Crippen molar-refractivity contribution in [2.45, 2.75) is 26.2 Å². The van der Waals surface area contributed by atoms with Crippen molar-refractivity contribution in [2.24, 2.45) is 16.8 Å². The topological polar surface area (TPSA) is 121 Å². The van der Waals surface area contributed by atoms with E-state index in [0.717, 1.165) is 29.7 Å². The summed E-state index contributed by atoms with van der Waals surface area (Å²) in [7, 11) is 0. The van der Waals surface area contributed by atoms with Gasteiger partial charge in [-0.15, -0.1) is 11.3 Å². The normalized spacial score (nSPS) is 16.9. The Morgan fingerprint density at radius 1 is 1.60 bits per heavy atom. The molecule has 0 aliphatic heterocycles. The van der Waals surface area contributed by atoms with Crippen molar-refractivity contribution >= 4 is 28.2 Å². The van der Waals surface area contributed by atoms with Crippen molar-refractivity contribution < 1.29 is 9.59 Å². The van der Waals surface area contributed by atoms with Crippen molar-refractivity contribution in [2.75, 3.05) is 11.9 Å². The van der Waals surface area contributed by atoms with E-state index in [9.17, 15) is 9.59 Å². The number of amides is 2. The van der Waals surface area contributed by atoms with Gasteiger partial charge in [0, 0.05) is 9.79 Å². The van der Waals surface area contributed by atoms with Gasteiger partial charge in [0.05, 0.1) is 5.56 Å². The zero-order chi connectivity index (χ0) is 14.7. The summed E-state index contributed by atoms with van der Waals surface area (Å²) in [6.45, 7) is 1.86. The maximum absolute atomic E-state index is 11.6. The van der Waals surface area contributed by atoms with E-state index in [-0.39, 0.29) is 6.54 Å². The molecule has 2 amide bonds. The van der Waals surface area contributed by atoms with Crippen LogP contribution in [0.2, 0.25) is 0 Å². The van der Waals surface area contributed by atoms with Crippen LogP contribution < -0.4 is 11.1 Å². The van der Waals surface area contributed by atoms with Crippen LogP contribution in [0.1, 0.15) is 34.1 Å². The summed E-state index contributed by atoms with van der Waals surface area (Å²) in [5.41, 5.74) is 15.0. The number of anilines is 1. The van der Waals surface area contributed by atoms with Crippen LogP contribution >= 0.6 is 11.3 Å². The Kier molecular flexibility index (Phi) is 4.26. The summed E-state index contributed by atoms with van der Waals surface area (Å²) < 4.78 is 0. The number of hydrogen-bond donors (Lipinski definition) is 2. The van der Waals surface area contributed by atoms with Crippen LogP contribution in [0.5, 0.6) is 0 Å². The number of carbonyl (C=O) groups is 2. The molecular formula is C12H15N5O2S. The number of rotatable bonds is 4. The van der Waals surface area contributed by atoms with Gasteiger partial charge < -0.3 is 11.1 Å². The van der Waals surface area contributed by atoms with E-state index in [1.165, 1.54) is 11.3 Å². The second-order valence-corrected chi connectivity index (χ2v) is 5.96. The SMILES string of the molecule is CC1CCc2c(sc(NC(=O)CN=[N+]=[N-])c2C(N)=O)C1. The molecule has 0 bridgehead atoms. The molecule has 8 heteroatoms. The zero-order valence-corrected chi connectivity index (χ0v) is 11.9. The highest BCUT2D eigenvalue weighted by Gasteiger charge is 2.26. The number of primary amides is 1. The predicted molar refractivity (Wildman–Crippen MR) is 76.7 cm³/mol. The second kappa shape index (κ2) is 5.94. The van der Waals surface area contributed by atoms with E-state index in [0.29, 0.717) is 16.5 Å². The van der Waals surface area contributed by atoms with Gasteiger partial charge in [-0.25, -0.2) is 0 Å². The van der Waals surface area contributed by atoms with Crippen molar-refractivity contribution in [3.63, 3.8) is 0 Å². The van der Waals surface area contributed by atoms with Gasteiger partial charge in [-0.1, -0.05) is 12.0 Å². The molecule has 0 radical (unpaired) electrons.